The molecule has 1 heterocycles. The van der Waals surface area contributed by atoms with E-state index in [1.54, 1.807) is 42.6 Å². The van der Waals surface area contributed by atoms with Gasteiger partial charge in [0.1, 0.15) is 5.82 Å². The summed E-state index contributed by atoms with van der Waals surface area (Å²) in [4.78, 5) is 16.4. The Bertz CT molecular complexity index is 582. The minimum atomic E-state index is -0.217. The number of pyridine rings is 1. The summed E-state index contributed by atoms with van der Waals surface area (Å²) in [6, 6.07) is 10.5. The van der Waals surface area contributed by atoms with E-state index in [9.17, 15) is 4.79 Å². The molecule has 1 amide bonds. The van der Waals surface area contributed by atoms with E-state index in [0.717, 1.165) is 5.56 Å². The fourth-order valence-electron chi connectivity index (χ4n) is 1.79. The van der Waals surface area contributed by atoms with E-state index in [0.29, 0.717) is 23.6 Å². The molecule has 2 rings (SSSR count). The van der Waals surface area contributed by atoms with Gasteiger partial charge in [-0.3, -0.25) is 4.79 Å². The van der Waals surface area contributed by atoms with Gasteiger partial charge in [0.05, 0.1) is 12.2 Å². The number of benzene rings is 1. The third-order valence-corrected chi connectivity index (χ3v) is 2.79. The topological polar surface area (TPSA) is 74.2 Å². The highest BCUT2D eigenvalue weighted by molar-refractivity contribution is 6.07. The summed E-state index contributed by atoms with van der Waals surface area (Å²) in [6.07, 6.45) is 1.64. The van der Waals surface area contributed by atoms with Gasteiger partial charge in [0, 0.05) is 18.4 Å². The Labute approximate surface area is 117 Å². The molecule has 0 aliphatic carbocycles. The van der Waals surface area contributed by atoms with Gasteiger partial charge in [-0.2, -0.15) is 0 Å². The number of aromatic nitrogens is 1. The van der Waals surface area contributed by atoms with E-state index >= 15 is 0 Å². The molecule has 1 aromatic heterocycles. The third kappa shape index (κ3) is 3.33. The summed E-state index contributed by atoms with van der Waals surface area (Å²) < 4.78 is 0. The molecule has 0 unspecified atom stereocenters. The van der Waals surface area contributed by atoms with Gasteiger partial charge < -0.3 is 15.7 Å². The fraction of sp³-hybridized carbons (Fsp3) is 0.200. The Morgan fingerprint density at radius 2 is 2.00 bits per heavy atom. The number of nitrogens with zero attached hydrogens (tertiary/aromatic N) is 1. The molecule has 0 bridgehead atoms. The van der Waals surface area contributed by atoms with Crippen LogP contribution >= 0.6 is 0 Å². The number of rotatable bonds is 5. The number of aliphatic hydroxyl groups is 1. The number of hydrogen-bond donors (Lipinski definition) is 3. The zero-order valence-electron chi connectivity index (χ0n) is 11.3. The lowest BCUT2D eigenvalue weighted by molar-refractivity contribution is 0.102. The highest BCUT2D eigenvalue weighted by atomic mass is 16.3. The molecule has 1 aromatic carbocycles. The molecule has 0 aliphatic rings. The van der Waals surface area contributed by atoms with Crippen molar-refractivity contribution in [2.45, 2.75) is 13.5 Å². The molecular formula is C15H17N3O2. The predicted octanol–water partition coefficient (Wildman–Crippen LogP) is 2.26. The summed E-state index contributed by atoms with van der Waals surface area (Å²) in [5.74, 6) is 0.352. The normalized spacial score (nSPS) is 10.1. The number of carbonyl (C=O) groups is 1. The van der Waals surface area contributed by atoms with E-state index in [1.807, 2.05) is 6.92 Å². The van der Waals surface area contributed by atoms with Crippen molar-refractivity contribution in [1.29, 1.82) is 0 Å². The third-order valence-electron chi connectivity index (χ3n) is 2.79. The van der Waals surface area contributed by atoms with Crippen LogP contribution in [0, 0.1) is 0 Å². The molecule has 0 atom stereocenters. The van der Waals surface area contributed by atoms with Crippen LogP contribution < -0.4 is 10.6 Å². The molecule has 5 nitrogen and oxygen atoms in total. The molecule has 104 valence electrons. The number of anilines is 2. The number of amides is 1. The quantitative estimate of drug-likeness (QED) is 0.779. The van der Waals surface area contributed by atoms with Gasteiger partial charge in [0.15, 0.2) is 0 Å². The second-order valence-electron chi connectivity index (χ2n) is 4.24. The summed E-state index contributed by atoms with van der Waals surface area (Å²) in [5, 5.41) is 14.8. The van der Waals surface area contributed by atoms with E-state index < -0.39 is 0 Å². The molecule has 0 aliphatic heterocycles. The van der Waals surface area contributed by atoms with Crippen molar-refractivity contribution in [3.63, 3.8) is 0 Å². The second kappa shape index (κ2) is 6.68. The maximum atomic E-state index is 12.2. The van der Waals surface area contributed by atoms with Crippen molar-refractivity contribution in [3.8, 4) is 0 Å². The lowest BCUT2D eigenvalue weighted by Gasteiger charge is -2.10. The first-order valence-electron chi connectivity index (χ1n) is 6.44. The standard InChI is InChI=1S/C15H17N3O2/c1-2-16-14-13(4-3-9-17-14)15(20)18-12-7-5-11(10-19)6-8-12/h3-9,19H,2,10H2,1H3,(H,16,17)(H,18,20). The van der Waals surface area contributed by atoms with Crippen molar-refractivity contribution < 1.29 is 9.90 Å². The molecule has 2 aromatic rings. The fourth-order valence-corrected chi connectivity index (χ4v) is 1.79. The van der Waals surface area contributed by atoms with Crippen molar-refractivity contribution in [1.82, 2.24) is 4.98 Å². The van der Waals surface area contributed by atoms with Gasteiger partial charge in [0.25, 0.3) is 5.91 Å². The molecule has 5 heteroatoms. The van der Waals surface area contributed by atoms with Gasteiger partial charge in [-0.15, -0.1) is 0 Å². The van der Waals surface area contributed by atoms with Crippen LogP contribution in [0.5, 0.6) is 0 Å². The summed E-state index contributed by atoms with van der Waals surface area (Å²) in [5.41, 5.74) is 1.98. The van der Waals surface area contributed by atoms with E-state index in [4.69, 9.17) is 5.11 Å². The minimum absolute atomic E-state index is 0.0125. The van der Waals surface area contributed by atoms with Crippen LogP contribution in [-0.4, -0.2) is 22.5 Å². The van der Waals surface area contributed by atoms with Crippen LogP contribution in [0.15, 0.2) is 42.6 Å². The molecule has 20 heavy (non-hydrogen) atoms. The molecule has 0 saturated heterocycles. The highest BCUT2D eigenvalue weighted by Gasteiger charge is 2.11. The SMILES string of the molecule is CCNc1ncccc1C(=O)Nc1ccc(CO)cc1. The van der Waals surface area contributed by atoms with Crippen LogP contribution in [0.3, 0.4) is 0 Å². The monoisotopic (exact) mass is 271 g/mol. The molecule has 0 spiro atoms. The molecular weight excluding hydrogens is 254 g/mol. The van der Waals surface area contributed by atoms with E-state index in [2.05, 4.69) is 15.6 Å². The number of aliphatic hydroxyl groups excluding tert-OH is 1. The van der Waals surface area contributed by atoms with E-state index in [1.165, 1.54) is 0 Å². The van der Waals surface area contributed by atoms with Gasteiger partial charge in [-0.25, -0.2) is 4.98 Å². The lowest BCUT2D eigenvalue weighted by Crippen LogP contribution is -2.15. The van der Waals surface area contributed by atoms with Gasteiger partial charge >= 0.3 is 0 Å². The number of hydrogen-bond acceptors (Lipinski definition) is 4. The minimum Gasteiger partial charge on any atom is -0.392 e. The van der Waals surface area contributed by atoms with Crippen molar-refractivity contribution in [2.75, 3.05) is 17.2 Å². The first-order chi connectivity index (χ1) is 9.74. The van der Waals surface area contributed by atoms with Crippen LogP contribution in [0.25, 0.3) is 0 Å². The lowest BCUT2D eigenvalue weighted by atomic mass is 10.2. The van der Waals surface area contributed by atoms with Gasteiger partial charge in [0.2, 0.25) is 0 Å². The van der Waals surface area contributed by atoms with Crippen molar-refractivity contribution in [3.05, 3.63) is 53.7 Å². The van der Waals surface area contributed by atoms with Crippen LogP contribution in [0.1, 0.15) is 22.8 Å². The predicted molar refractivity (Wildman–Crippen MR) is 78.7 cm³/mol. The van der Waals surface area contributed by atoms with E-state index in [-0.39, 0.29) is 12.5 Å². The van der Waals surface area contributed by atoms with Crippen LogP contribution in [0.2, 0.25) is 0 Å². The average molecular weight is 271 g/mol. The highest BCUT2D eigenvalue weighted by Crippen LogP contribution is 2.15. The summed E-state index contributed by atoms with van der Waals surface area (Å²) in [6.45, 7) is 2.63. The maximum Gasteiger partial charge on any atom is 0.259 e. The Balaban J connectivity index is 2.15. The Morgan fingerprint density at radius 1 is 1.25 bits per heavy atom. The second-order valence-corrected chi connectivity index (χ2v) is 4.24. The summed E-state index contributed by atoms with van der Waals surface area (Å²) >= 11 is 0. The molecule has 3 N–H and O–H groups in total. The van der Waals surface area contributed by atoms with Crippen LogP contribution in [-0.2, 0) is 6.61 Å². The summed E-state index contributed by atoms with van der Waals surface area (Å²) in [7, 11) is 0. The first kappa shape index (κ1) is 14.0. The Hall–Kier alpha value is -2.40. The first-order valence-corrected chi connectivity index (χ1v) is 6.44. The number of carbonyl (C=O) groups excluding carboxylic acids is 1. The maximum absolute atomic E-state index is 12.2. The zero-order valence-corrected chi connectivity index (χ0v) is 11.3. The molecule has 0 radical (unpaired) electrons. The van der Waals surface area contributed by atoms with Gasteiger partial charge in [-0.05, 0) is 36.8 Å². The average Bonchev–Trinajstić information content (AvgIpc) is 2.49. The molecule has 0 fully saturated rings. The Morgan fingerprint density at radius 3 is 2.65 bits per heavy atom. The van der Waals surface area contributed by atoms with Gasteiger partial charge in [-0.1, -0.05) is 12.1 Å². The smallest absolute Gasteiger partial charge is 0.259 e. The van der Waals surface area contributed by atoms with Crippen molar-refractivity contribution >= 4 is 17.4 Å². The number of nitrogens with one attached hydrogen (secondary N) is 2. The van der Waals surface area contributed by atoms with Crippen LogP contribution in [0.4, 0.5) is 11.5 Å². The molecule has 0 saturated carbocycles. The van der Waals surface area contributed by atoms with Crippen molar-refractivity contribution in [2.24, 2.45) is 0 Å². The Kier molecular flexibility index (Phi) is 4.68. The largest absolute Gasteiger partial charge is 0.392 e. The zero-order chi connectivity index (χ0) is 14.4.